The topological polar surface area (TPSA) is 62.6 Å². The van der Waals surface area contributed by atoms with Crippen LogP contribution in [-0.4, -0.2) is 49.0 Å². The van der Waals surface area contributed by atoms with Gasteiger partial charge in [0.25, 0.3) is 0 Å². The Morgan fingerprint density at radius 3 is 3.00 bits per heavy atom. The molecule has 0 atom stereocenters. The summed E-state index contributed by atoms with van der Waals surface area (Å²) in [6.45, 7) is 3.70. The van der Waals surface area contributed by atoms with Gasteiger partial charge in [-0.15, -0.1) is 0 Å². The summed E-state index contributed by atoms with van der Waals surface area (Å²) in [5.74, 6) is 1.55. The summed E-state index contributed by atoms with van der Waals surface area (Å²) < 4.78 is 5.36. The van der Waals surface area contributed by atoms with E-state index in [4.69, 9.17) is 16.3 Å². The van der Waals surface area contributed by atoms with Gasteiger partial charge < -0.3 is 15.0 Å². The van der Waals surface area contributed by atoms with Gasteiger partial charge in [-0.3, -0.25) is 4.99 Å². The van der Waals surface area contributed by atoms with E-state index in [2.05, 4.69) is 31.3 Å². The Hall–Kier alpha value is -1.92. The second kappa shape index (κ2) is 7.38. The zero-order valence-corrected chi connectivity index (χ0v) is 13.0. The van der Waals surface area contributed by atoms with E-state index in [0.717, 1.165) is 30.9 Å². The van der Waals surface area contributed by atoms with Crippen molar-refractivity contribution < 1.29 is 4.74 Å². The highest BCUT2D eigenvalue weighted by Gasteiger charge is 2.14. The number of hydrogen-bond donors (Lipinski definition) is 1. The molecule has 1 saturated heterocycles. The predicted octanol–water partition coefficient (Wildman–Crippen LogP) is 2.29. The predicted molar refractivity (Wildman–Crippen MR) is 88.9 cm³/mol. The van der Waals surface area contributed by atoms with Gasteiger partial charge in [0, 0.05) is 38.1 Å². The largest absolute Gasteiger partial charge is 0.378 e. The van der Waals surface area contributed by atoms with Gasteiger partial charge in [0.05, 0.1) is 13.2 Å². The number of nitrogens with one attached hydrogen (secondary N) is 1. The second-order valence-electron chi connectivity index (χ2n) is 5.01. The molecule has 3 heterocycles. The number of hydrogen-bond acceptors (Lipinski definition) is 6. The van der Waals surface area contributed by atoms with Crippen molar-refractivity contribution in [3.05, 3.63) is 35.3 Å². The highest BCUT2D eigenvalue weighted by atomic mass is 35.5. The Morgan fingerprint density at radius 1 is 1.27 bits per heavy atom. The lowest BCUT2D eigenvalue weighted by atomic mass is 10.2. The molecular weight excluding hydrogens is 302 g/mol. The first-order valence-corrected chi connectivity index (χ1v) is 7.67. The number of allylic oxidation sites excluding steroid dienone is 2. The molecule has 1 aromatic heterocycles. The van der Waals surface area contributed by atoms with Gasteiger partial charge in [-0.05, 0) is 23.6 Å². The summed E-state index contributed by atoms with van der Waals surface area (Å²) >= 11 is 6.05. The molecular formula is C15H18ClN5O. The molecule has 0 bridgehead atoms. The fourth-order valence-electron chi connectivity index (χ4n) is 2.29. The number of morpholine rings is 1. The van der Waals surface area contributed by atoms with Crippen LogP contribution < -0.4 is 10.2 Å². The molecule has 22 heavy (non-hydrogen) atoms. The van der Waals surface area contributed by atoms with Gasteiger partial charge in [-0.1, -0.05) is 12.2 Å². The monoisotopic (exact) mass is 319 g/mol. The van der Waals surface area contributed by atoms with E-state index in [-0.39, 0.29) is 5.28 Å². The van der Waals surface area contributed by atoms with Gasteiger partial charge in [0.15, 0.2) is 0 Å². The first-order chi connectivity index (χ1) is 10.8. The Labute approximate surface area is 134 Å². The molecule has 2 aliphatic heterocycles. The first-order valence-electron chi connectivity index (χ1n) is 7.29. The summed E-state index contributed by atoms with van der Waals surface area (Å²) in [4.78, 5) is 14.9. The number of anilines is 2. The maximum atomic E-state index is 6.05. The van der Waals surface area contributed by atoms with Crippen molar-refractivity contribution in [3.63, 3.8) is 0 Å². The number of aliphatic imine (C=N–C) groups is 1. The molecule has 0 aliphatic carbocycles. The highest BCUT2D eigenvalue weighted by molar-refractivity contribution is 6.28. The van der Waals surface area contributed by atoms with E-state index in [1.165, 1.54) is 0 Å². The van der Waals surface area contributed by atoms with Crippen LogP contribution in [0.5, 0.6) is 0 Å². The average Bonchev–Trinajstić information content (AvgIpc) is 2.82. The van der Waals surface area contributed by atoms with Crippen LogP contribution >= 0.6 is 11.6 Å². The van der Waals surface area contributed by atoms with Crippen molar-refractivity contribution in [3.8, 4) is 0 Å². The van der Waals surface area contributed by atoms with Crippen LogP contribution in [0.3, 0.4) is 0 Å². The molecule has 1 aromatic rings. The van der Waals surface area contributed by atoms with Crippen LogP contribution in [0.25, 0.3) is 0 Å². The average molecular weight is 320 g/mol. The van der Waals surface area contributed by atoms with Gasteiger partial charge in [0.1, 0.15) is 11.6 Å². The molecule has 0 amide bonds. The SMILES string of the molecule is Clc1nc(NCC2=CCC=CN=C2)cc(N2CCOCC2)n1. The van der Waals surface area contributed by atoms with Gasteiger partial charge in [-0.2, -0.15) is 0 Å². The number of nitrogens with zero attached hydrogens (tertiary/aromatic N) is 4. The fraction of sp³-hybridized carbons (Fsp3) is 0.400. The Balaban J connectivity index is 1.68. The first kappa shape index (κ1) is 15.0. The minimum atomic E-state index is 0.247. The van der Waals surface area contributed by atoms with E-state index < -0.39 is 0 Å². The quantitative estimate of drug-likeness (QED) is 0.863. The number of ether oxygens (including phenoxy) is 1. The normalized spacial score (nSPS) is 18.0. The van der Waals surface area contributed by atoms with Crippen LogP contribution in [0.1, 0.15) is 6.42 Å². The van der Waals surface area contributed by atoms with Crippen molar-refractivity contribution in [1.29, 1.82) is 0 Å². The maximum Gasteiger partial charge on any atom is 0.226 e. The van der Waals surface area contributed by atoms with E-state index >= 15 is 0 Å². The van der Waals surface area contributed by atoms with Crippen molar-refractivity contribution in [2.75, 3.05) is 43.1 Å². The van der Waals surface area contributed by atoms with Crippen LogP contribution in [0.4, 0.5) is 11.6 Å². The summed E-state index contributed by atoms with van der Waals surface area (Å²) in [6.07, 6.45) is 8.69. The molecule has 1 N–H and O–H groups in total. The third-order valence-corrected chi connectivity index (χ3v) is 3.61. The molecule has 0 saturated carbocycles. The van der Waals surface area contributed by atoms with Crippen molar-refractivity contribution >= 4 is 29.5 Å². The number of rotatable bonds is 4. The number of halogens is 1. The van der Waals surface area contributed by atoms with E-state index in [1.807, 2.05) is 24.6 Å². The van der Waals surface area contributed by atoms with Crippen molar-refractivity contribution in [2.45, 2.75) is 6.42 Å². The van der Waals surface area contributed by atoms with Crippen molar-refractivity contribution in [2.24, 2.45) is 4.99 Å². The summed E-state index contributed by atoms with van der Waals surface area (Å²) in [7, 11) is 0. The molecule has 116 valence electrons. The second-order valence-corrected chi connectivity index (χ2v) is 5.35. The van der Waals surface area contributed by atoms with Crippen molar-refractivity contribution in [1.82, 2.24) is 9.97 Å². The summed E-state index contributed by atoms with van der Waals surface area (Å²) in [6, 6.07) is 1.92. The lowest BCUT2D eigenvalue weighted by molar-refractivity contribution is 0.122. The Bertz CT molecular complexity index is 608. The third kappa shape index (κ3) is 4.05. The van der Waals surface area contributed by atoms with E-state index in [1.54, 1.807) is 0 Å². The Kier molecular flexibility index (Phi) is 5.03. The molecule has 7 heteroatoms. The lowest BCUT2D eigenvalue weighted by Crippen LogP contribution is -2.36. The van der Waals surface area contributed by atoms with Crippen LogP contribution in [-0.2, 0) is 4.74 Å². The minimum absolute atomic E-state index is 0.247. The van der Waals surface area contributed by atoms with Gasteiger partial charge in [-0.25, -0.2) is 9.97 Å². The maximum absolute atomic E-state index is 6.05. The molecule has 0 radical (unpaired) electrons. The van der Waals surface area contributed by atoms with E-state index in [9.17, 15) is 0 Å². The van der Waals surface area contributed by atoms with Gasteiger partial charge in [0.2, 0.25) is 5.28 Å². The number of aromatic nitrogens is 2. The minimum Gasteiger partial charge on any atom is -0.378 e. The summed E-state index contributed by atoms with van der Waals surface area (Å²) in [5.41, 5.74) is 1.12. The van der Waals surface area contributed by atoms with Crippen LogP contribution in [0, 0.1) is 0 Å². The molecule has 1 fully saturated rings. The van der Waals surface area contributed by atoms with E-state index in [0.29, 0.717) is 25.6 Å². The van der Waals surface area contributed by atoms with Crippen LogP contribution in [0.15, 0.2) is 35.0 Å². The highest BCUT2D eigenvalue weighted by Crippen LogP contribution is 2.19. The molecule has 2 aliphatic rings. The third-order valence-electron chi connectivity index (χ3n) is 3.44. The lowest BCUT2D eigenvalue weighted by Gasteiger charge is -2.28. The standard InChI is InChI=1S/C15H18ClN5O/c16-15-19-13(18-11-12-3-1-2-4-17-10-12)9-14(20-15)21-5-7-22-8-6-21/h2-4,9-10H,1,5-8,11H2,(H,18,19,20). The molecule has 6 nitrogen and oxygen atoms in total. The molecule has 3 rings (SSSR count). The zero-order valence-electron chi connectivity index (χ0n) is 12.2. The fourth-order valence-corrected chi connectivity index (χ4v) is 2.47. The Morgan fingerprint density at radius 2 is 2.14 bits per heavy atom. The summed E-state index contributed by atoms with van der Waals surface area (Å²) in [5, 5.41) is 3.53. The van der Waals surface area contributed by atoms with Gasteiger partial charge >= 0.3 is 0 Å². The zero-order chi connectivity index (χ0) is 15.2. The smallest absolute Gasteiger partial charge is 0.226 e. The molecule has 0 spiro atoms. The molecule has 0 aromatic carbocycles. The molecule has 0 unspecified atom stereocenters. The van der Waals surface area contributed by atoms with Crippen LogP contribution in [0.2, 0.25) is 5.28 Å².